The number of fused-ring (bicyclic) bond motifs is 1. The summed E-state index contributed by atoms with van der Waals surface area (Å²) in [6.45, 7) is 6.47. The van der Waals surface area contributed by atoms with Gasteiger partial charge in [-0.05, 0) is 29.4 Å². The molecule has 1 fully saturated rings. The lowest BCUT2D eigenvalue weighted by Crippen LogP contribution is -2.42. The van der Waals surface area contributed by atoms with Crippen LogP contribution in [-0.4, -0.2) is 62.0 Å². The first-order chi connectivity index (χ1) is 14.7. The first-order valence-electron chi connectivity index (χ1n) is 10.1. The van der Waals surface area contributed by atoms with Gasteiger partial charge >= 0.3 is 11.8 Å². The number of benzene rings is 1. The van der Waals surface area contributed by atoms with Gasteiger partial charge in [0.1, 0.15) is 17.3 Å². The van der Waals surface area contributed by atoms with Gasteiger partial charge in [-0.3, -0.25) is 4.98 Å². The number of H-pyrrole nitrogens is 2. The first kappa shape index (κ1) is 20.7. The predicted molar refractivity (Wildman–Crippen MR) is 116 cm³/mol. The summed E-state index contributed by atoms with van der Waals surface area (Å²) in [7, 11) is 1.59. The Morgan fingerprint density at radius 3 is 2.71 bits per heavy atom. The molecule has 0 saturated carbocycles. The molecule has 1 saturated heterocycles. The first-order valence-corrected chi connectivity index (χ1v) is 10.1. The number of carbonyl (C=O) groups is 1. The van der Waals surface area contributed by atoms with Gasteiger partial charge in [-0.15, -0.1) is 0 Å². The summed E-state index contributed by atoms with van der Waals surface area (Å²) >= 11 is 0. The molecule has 1 aromatic carbocycles. The van der Waals surface area contributed by atoms with Gasteiger partial charge in [0, 0.05) is 18.6 Å². The Morgan fingerprint density at radius 1 is 1.35 bits per heavy atom. The van der Waals surface area contributed by atoms with E-state index in [-0.39, 0.29) is 17.5 Å². The fraction of sp³-hybridized carbons (Fsp3) is 0.429. The average Bonchev–Trinajstić information content (AvgIpc) is 3.33. The number of ether oxygens (including phenoxy) is 1. The van der Waals surface area contributed by atoms with Gasteiger partial charge in [-0.2, -0.15) is 5.10 Å². The third kappa shape index (κ3) is 3.92. The molecule has 1 amide bonds. The molecule has 0 spiro atoms. The number of rotatable bonds is 4. The van der Waals surface area contributed by atoms with Crippen LogP contribution in [0.15, 0.2) is 29.1 Å². The van der Waals surface area contributed by atoms with Crippen molar-refractivity contribution in [2.75, 3.05) is 19.0 Å². The highest BCUT2D eigenvalue weighted by Crippen LogP contribution is 2.37. The molecule has 0 aliphatic carbocycles. The molecule has 1 aliphatic heterocycles. The van der Waals surface area contributed by atoms with Crippen LogP contribution in [-0.2, 0) is 0 Å². The van der Waals surface area contributed by atoms with Crippen LogP contribution in [0.2, 0.25) is 0 Å². The number of nitrogens with one attached hydrogen (secondary N) is 3. The van der Waals surface area contributed by atoms with E-state index < -0.39 is 11.8 Å². The van der Waals surface area contributed by atoms with E-state index in [4.69, 9.17) is 9.72 Å². The summed E-state index contributed by atoms with van der Waals surface area (Å²) in [5.74, 6) is 1.53. The van der Waals surface area contributed by atoms with Crippen LogP contribution in [0.5, 0.6) is 5.75 Å². The summed E-state index contributed by atoms with van der Waals surface area (Å²) in [6, 6.07) is 7.22. The van der Waals surface area contributed by atoms with Crippen molar-refractivity contribution in [3.8, 4) is 17.3 Å². The van der Waals surface area contributed by atoms with Crippen molar-refractivity contribution in [2.45, 2.75) is 39.3 Å². The van der Waals surface area contributed by atoms with Crippen LogP contribution in [0.3, 0.4) is 0 Å². The number of pyridine rings is 1. The van der Waals surface area contributed by atoms with E-state index in [2.05, 4.69) is 20.5 Å². The van der Waals surface area contributed by atoms with Gasteiger partial charge < -0.3 is 20.1 Å². The molecule has 3 heterocycles. The Morgan fingerprint density at radius 2 is 2.13 bits per heavy atom. The number of amides is 1. The molecule has 1 aliphatic rings. The smallest absolute Gasteiger partial charge is 0.407 e. The lowest BCUT2D eigenvalue weighted by Gasteiger charge is -2.32. The molecule has 10 nitrogen and oxygen atoms in total. The summed E-state index contributed by atoms with van der Waals surface area (Å²) in [5.41, 5.74) is -0.127. The van der Waals surface area contributed by atoms with E-state index in [9.17, 15) is 14.7 Å². The van der Waals surface area contributed by atoms with Gasteiger partial charge in [0.05, 0.1) is 12.5 Å². The molecular weight excluding hydrogens is 400 g/mol. The van der Waals surface area contributed by atoms with Crippen molar-refractivity contribution >= 4 is 22.7 Å². The Balaban J connectivity index is 1.77. The topological polar surface area (TPSA) is 136 Å². The van der Waals surface area contributed by atoms with Gasteiger partial charge in [0.2, 0.25) is 0 Å². The van der Waals surface area contributed by atoms with Gasteiger partial charge in [0.25, 0.3) is 0 Å². The number of nitrogens with zero attached hydrogens (tertiary/aromatic N) is 3. The minimum Gasteiger partial charge on any atom is -0.496 e. The monoisotopic (exact) mass is 426 g/mol. The van der Waals surface area contributed by atoms with E-state index in [0.29, 0.717) is 36.1 Å². The van der Waals surface area contributed by atoms with Gasteiger partial charge in [-0.25, -0.2) is 19.7 Å². The highest BCUT2D eigenvalue weighted by molar-refractivity contribution is 5.99. The van der Waals surface area contributed by atoms with Crippen molar-refractivity contribution in [1.82, 2.24) is 25.1 Å². The van der Waals surface area contributed by atoms with E-state index >= 15 is 0 Å². The molecule has 2 atom stereocenters. The van der Waals surface area contributed by atoms with Crippen molar-refractivity contribution in [3.05, 3.63) is 34.7 Å². The molecule has 3 aromatic rings. The van der Waals surface area contributed by atoms with Gasteiger partial charge in [-0.1, -0.05) is 32.9 Å². The summed E-state index contributed by atoms with van der Waals surface area (Å²) in [6.07, 6.45) is -0.278. The molecule has 4 rings (SSSR count). The molecular formula is C21H26N6O4. The number of carboxylic acid groups (broad SMARTS) is 1. The van der Waals surface area contributed by atoms with Crippen LogP contribution in [0.4, 0.5) is 10.6 Å². The zero-order valence-corrected chi connectivity index (χ0v) is 17.9. The fourth-order valence-electron chi connectivity index (χ4n) is 4.23. The maximum atomic E-state index is 11.8. The second-order valence-electron chi connectivity index (χ2n) is 8.83. The quantitative estimate of drug-likeness (QED) is 0.503. The zero-order valence-electron chi connectivity index (χ0n) is 17.9. The minimum atomic E-state index is -0.928. The normalized spacial score (nSPS) is 19.0. The molecule has 4 N–H and O–H groups in total. The second kappa shape index (κ2) is 7.60. The van der Waals surface area contributed by atoms with E-state index in [1.807, 2.05) is 45.0 Å². The third-order valence-electron chi connectivity index (χ3n) is 5.67. The number of aromatic amines is 2. The summed E-state index contributed by atoms with van der Waals surface area (Å²) in [4.78, 5) is 32.2. The Labute approximate surface area is 178 Å². The van der Waals surface area contributed by atoms with E-state index in [1.165, 1.54) is 4.90 Å². The Hall–Kier alpha value is -3.56. The maximum absolute atomic E-state index is 11.8. The van der Waals surface area contributed by atoms with Crippen LogP contribution in [0, 0.1) is 5.41 Å². The zero-order chi connectivity index (χ0) is 22.3. The second-order valence-corrected chi connectivity index (χ2v) is 8.83. The molecule has 0 bridgehead atoms. The highest BCUT2D eigenvalue weighted by Gasteiger charge is 2.42. The van der Waals surface area contributed by atoms with Crippen molar-refractivity contribution in [3.63, 3.8) is 0 Å². The number of methoxy groups -OCH3 is 1. The summed E-state index contributed by atoms with van der Waals surface area (Å²) < 4.78 is 5.55. The molecule has 31 heavy (non-hydrogen) atoms. The SMILES string of the molecule is COc1cccc2cc(-c3n[nH]c(=O)[nH]3)nc(NC3CC(C(C)(C)C)N(C(=O)O)C3)c12. The fourth-order valence-corrected chi connectivity index (χ4v) is 4.23. The van der Waals surface area contributed by atoms with Crippen molar-refractivity contribution in [2.24, 2.45) is 5.41 Å². The minimum absolute atomic E-state index is 0.124. The third-order valence-corrected chi connectivity index (χ3v) is 5.67. The number of aromatic nitrogens is 4. The highest BCUT2D eigenvalue weighted by atomic mass is 16.5. The van der Waals surface area contributed by atoms with Crippen LogP contribution >= 0.6 is 0 Å². The summed E-state index contributed by atoms with van der Waals surface area (Å²) in [5, 5.41) is 21.1. The van der Waals surface area contributed by atoms with Gasteiger partial charge in [0.15, 0.2) is 5.82 Å². The predicted octanol–water partition coefficient (Wildman–Crippen LogP) is 2.90. The Bertz CT molecular complexity index is 1180. The van der Waals surface area contributed by atoms with Crippen LogP contribution < -0.4 is 15.7 Å². The van der Waals surface area contributed by atoms with Crippen molar-refractivity contribution < 1.29 is 14.6 Å². The van der Waals surface area contributed by atoms with Crippen molar-refractivity contribution in [1.29, 1.82) is 0 Å². The number of likely N-dealkylation sites (tertiary alicyclic amines) is 1. The molecule has 2 unspecified atom stereocenters. The molecule has 164 valence electrons. The van der Waals surface area contributed by atoms with Crippen LogP contribution in [0.1, 0.15) is 27.2 Å². The molecule has 0 radical (unpaired) electrons. The van der Waals surface area contributed by atoms with Crippen LogP contribution in [0.25, 0.3) is 22.3 Å². The number of anilines is 1. The number of hydrogen-bond donors (Lipinski definition) is 4. The average molecular weight is 426 g/mol. The van der Waals surface area contributed by atoms with E-state index in [1.54, 1.807) is 7.11 Å². The lowest BCUT2D eigenvalue weighted by molar-refractivity contribution is 0.106. The Kier molecular flexibility index (Phi) is 5.08. The van der Waals surface area contributed by atoms with E-state index in [0.717, 1.165) is 10.8 Å². The standard InChI is InChI=1S/C21H26N6O4/c1-21(2,3)15-9-12(10-27(15)20(29)30)22-18-16-11(6-5-7-14(16)31-4)8-13(23-18)17-24-19(28)26-25-17/h5-8,12,15H,9-10H2,1-4H3,(H,22,23)(H,29,30)(H2,24,25,26,28). The lowest BCUT2D eigenvalue weighted by atomic mass is 9.85. The largest absolute Gasteiger partial charge is 0.496 e. The maximum Gasteiger partial charge on any atom is 0.407 e. The molecule has 2 aromatic heterocycles. The molecule has 10 heteroatoms. The number of hydrogen-bond acceptors (Lipinski definition) is 6.